The monoisotopic (exact) mass is 420 g/mol. The van der Waals surface area contributed by atoms with E-state index in [0.717, 1.165) is 16.2 Å². The van der Waals surface area contributed by atoms with E-state index in [9.17, 15) is 9.67 Å². The zero-order valence-electron chi connectivity index (χ0n) is 17.4. The van der Waals surface area contributed by atoms with Crippen LogP contribution in [0.3, 0.4) is 0 Å². The van der Waals surface area contributed by atoms with Gasteiger partial charge in [0, 0.05) is 17.2 Å². The van der Waals surface area contributed by atoms with Crippen LogP contribution in [0.25, 0.3) is 0 Å². The summed E-state index contributed by atoms with van der Waals surface area (Å²) in [6.45, 7) is 6.60. The molecular formula is C26H29O3P. The number of benzene rings is 3. The smallest absolute Gasteiger partial charge is 0.149 e. The van der Waals surface area contributed by atoms with Gasteiger partial charge in [-0.1, -0.05) is 103 Å². The number of rotatable bonds is 10. The van der Waals surface area contributed by atoms with E-state index in [0.29, 0.717) is 25.2 Å². The van der Waals surface area contributed by atoms with Crippen LogP contribution in [0.2, 0.25) is 0 Å². The number of hydrogen-bond donors (Lipinski definition) is 1. The maximum atomic E-state index is 14.7. The van der Waals surface area contributed by atoms with Crippen molar-refractivity contribution in [2.45, 2.75) is 31.7 Å². The third kappa shape index (κ3) is 5.17. The zero-order valence-corrected chi connectivity index (χ0v) is 18.2. The van der Waals surface area contributed by atoms with Crippen LogP contribution in [-0.4, -0.2) is 23.5 Å². The van der Waals surface area contributed by atoms with Crippen LogP contribution < -0.4 is 10.6 Å². The molecule has 0 radical (unpaired) electrons. The van der Waals surface area contributed by atoms with Crippen molar-refractivity contribution in [2.24, 2.45) is 0 Å². The van der Waals surface area contributed by atoms with Crippen LogP contribution in [0.1, 0.15) is 18.9 Å². The second-order valence-corrected chi connectivity index (χ2v) is 10.5. The number of aliphatic hydroxyl groups is 1. The van der Waals surface area contributed by atoms with Gasteiger partial charge in [-0.3, -0.25) is 0 Å². The van der Waals surface area contributed by atoms with E-state index in [2.05, 4.69) is 6.58 Å². The van der Waals surface area contributed by atoms with Gasteiger partial charge in [0.1, 0.15) is 7.14 Å². The fourth-order valence-electron chi connectivity index (χ4n) is 3.67. The van der Waals surface area contributed by atoms with Gasteiger partial charge in [-0.2, -0.15) is 0 Å². The molecular weight excluding hydrogens is 391 g/mol. The average molecular weight is 420 g/mol. The van der Waals surface area contributed by atoms with Crippen molar-refractivity contribution >= 4 is 17.8 Å². The van der Waals surface area contributed by atoms with Crippen LogP contribution in [-0.2, 0) is 15.9 Å². The highest BCUT2D eigenvalue weighted by atomic mass is 31.2. The van der Waals surface area contributed by atoms with E-state index in [1.807, 2.05) is 91.0 Å². The SMILES string of the molecule is C=C(C)[C@@H](O)[C@@H](CCOCc1ccccc1)P(=O)(c1ccccc1)c1ccccc1. The quantitative estimate of drug-likeness (QED) is 0.288. The maximum Gasteiger partial charge on any atom is 0.149 e. The first-order valence-electron chi connectivity index (χ1n) is 10.2. The minimum absolute atomic E-state index is 0.396. The van der Waals surface area contributed by atoms with Crippen LogP contribution in [0.4, 0.5) is 0 Å². The van der Waals surface area contributed by atoms with Gasteiger partial charge in [-0.05, 0) is 18.9 Å². The molecule has 0 aromatic heterocycles. The van der Waals surface area contributed by atoms with Crippen molar-refractivity contribution in [1.82, 2.24) is 0 Å². The summed E-state index contributed by atoms with van der Waals surface area (Å²) in [5.41, 5.74) is 1.18. The number of ether oxygens (including phenoxy) is 1. The molecule has 0 aliphatic carbocycles. The Morgan fingerprint density at radius 1 is 0.900 bits per heavy atom. The Kier molecular flexibility index (Phi) is 7.81. The Balaban J connectivity index is 1.90. The lowest BCUT2D eigenvalue weighted by molar-refractivity contribution is 0.106. The Bertz CT molecular complexity index is 927. The van der Waals surface area contributed by atoms with E-state index < -0.39 is 18.9 Å². The molecule has 0 heterocycles. The third-order valence-electron chi connectivity index (χ3n) is 5.29. The largest absolute Gasteiger partial charge is 0.388 e. The van der Waals surface area contributed by atoms with Crippen molar-refractivity contribution in [3.05, 3.63) is 109 Å². The Morgan fingerprint density at radius 2 is 1.37 bits per heavy atom. The van der Waals surface area contributed by atoms with Gasteiger partial charge < -0.3 is 14.4 Å². The summed E-state index contributed by atoms with van der Waals surface area (Å²) in [6, 6.07) is 28.9. The number of hydrogen-bond acceptors (Lipinski definition) is 3. The molecule has 156 valence electrons. The summed E-state index contributed by atoms with van der Waals surface area (Å²) in [7, 11) is -3.15. The van der Waals surface area contributed by atoms with Gasteiger partial charge in [0.25, 0.3) is 0 Å². The zero-order chi connectivity index (χ0) is 21.4. The second-order valence-electron chi connectivity index (χ2n) is 7.51. The molecule has 0 aliphatic rings. The molecule has 3 nitrogen and oxygen atoms in total. The normalized spacial score (nSPS) is 13.5. The van der Waals surface area contributed by atoms with Crippen molar-refractivity contribution in [3.8, 4) is 0 Å². The molecule has 3 aromatic carbocycles. The minimum Gasteiger partial charge on any atom is -0.388 e. The first-order valence-corrected chi connectivity index (χ1v) is 12.0. The lowest BCUT2D eigenvalue weighted by Gasteiger charge is -2.32. The van der Waals surface area contributed by atoms with E-state index in [4.69, 9.17) is 4.74 Å². The molecule has 4 heteroatoms. The predicted molar refractivity (Wildman–Crippen MR) is 125 cm³/mol. The molecule has 3 rings (SSSR count). The molecule has 1 N–H and O–H groups in total. The van der Waals surface area contributed by atoms with Crippen LogP contribution >= 0.6 is 7.14 Å². The minimum atomic E-state index is -3.15. The lowest BCUT2D eigenvalue weighted by Crippen LogP contribution is -2.36. The lowest BCUT2D eigenvalue weighted by atomic mass is 10.1. The van der Waals surface area contributed by atoms with Crippen LogP contribution in [0.5, 0.6) is 0 Å². The molecule has 0 saturated heterocycles. The second kappa shape index (κ2) is 10.5. The van der Waals surface area contributed by atoms with Crippen molar-refractivity contribution in [2.75, 3.05) is 6.61 Å². The van der Waals surface area contributed by atoms with Crippen molar-refractivity contribution < 1.29 is 14.4 Å². The predicted octanol–water partition coefficient (Wildman–Crippen LogP) is 4.91. The molecule has 0 unspecified atom stereocenters. The first-order chi connectivity index (χ1) is 14.5. The molecule has 3 aromatic rings. The molecule has 30 heavy (non-hydrogen) atoms. The highest BCUT2D eigenvalue weighted by molar-refractivity contribution is 7.79. The van der Waals surface area contributed by atoms with Gasteiger partial charge in [-0.25, -0.2) is 0 Å². The summed E-state index contributed by atoms with van der Waals surface area (Å²) < 4.78 is 20.6. The Morgan fingerprint density at radius 3 is 1.83 bits per heavy atom. The molecule has 0 spiro atoms. The maximum absolute atomic E-state index is 14.7. The third-order valence-corrected chi connectivity index (χ3v) is 8.89. The van der Waals surface area contributed by atoms with Crippen molar-refractivity contribution in [1.29, 1.82) is 0 Å². The van der Waals surface area contributed by atoms with Gasteiger partial charge >= 0.3 is 0 Å². The summed E-state index contributed by atoms with van der Waals surface area (Å²) in [5, 5.41) is 12.5. The van der Waals surface area contributed by atoms with Gasteiger partial charge in [0.05, 0.1) is 18.4 Å². The van der Waals surface area contributed by atoms with E-state index in [-0.39, 0.29) is 0 Å². The summed E-state index contributed by atoms with van der Waals surface area (Å²) in [6.07, 6.45) is -0.432. The molecule has 0 fully saturated rings. The summed E-state index contributed by atoms with van der Waals surface area (Å²) in [5.74, 6) is 0. The summed E-state index contributed by atoms with van der Waals surface area (Å²) in [4.78, 5) is 0. The molecule has 0 saturated carbocycles. The van der Waals surface area contributed by atoms with Crippen LogP contribution in [0, 0.1) is 0 Å². The average Bonchev–Trinajstić information content (AvgIpc) is 2.80. The van der Waals surface area contributed by atoms with E-state index in [1.54, 1.807) is 6.92 Å². The van der Waals surface area contributed by atoms with Crippen molar-refractivity contribution in [3.63, 3.8) is 0 Å². The van der Waals surface area contributed by atoms with Crippen LogP contribution in [0.15, 0.2) is 103 Å². The molecule has 2 atom stereocenters. The van der Waals surface area contributed by atoms with E-state index in [1.165, 1.54) is 0 Å². The first kappa shape index (κ1) is 22.2. The van der Waals surface area contributed by atoms with Gasteiger partial charge in [-0.15, -0.1) is 0 Å². The standard InChI is InChI=1S/C26H29O3P/c1-21(2)26(27)25(18-19-29-20-22-12-6-3-7-13-22)30(28,23-14-8-4-9-15-23)24-16-10-5-11-17-24/h3-17,25-27H,1,18-20H2,2H3/t25-,26-/m1/s1. The molecule has 0 amide bonds. The fourth-order valence-corrected chi connectivity index (χ4v) is 7.08. The van der Waals surface area contributed by atoms with E-state index >= 15 is 0 Å². The molecule has 0 aliphatic heterocycles. The highest BCUT2D eigenvalue weighted by Gasteiger charge is 2.40. The summed E-state index contributed by atoms with van der Waals surface area (Å²) >= 11 is 0. The fraction of sp³-hybridized carbons (Fsp3) is 0.231. The number of aliphatic hydroxyl groups excluding tert-OH is 1. The Hall–Kier alpha value is -2.45. The topological polar surface area (TPSA) is 46.5 Å². The Labute approximate surface area is 179 Å². The van der Waals surface area contributed by atoms with Gasteiger partial charge in [0.2, 0.25) is 0 Å². The molecule has 0 bridgehead atoms. The highest BCUT2D eigenvalue weighted by Crippen LogP contribution is 2.52. The van der Waals surface area contributed by atoms with Gasteiger partial charge in [0.15, 0.2) is 0 Å².